The van der Waals surface area contributed by atoms with Gasteiger partial charge in [-0.15, -0.1) is 22.7 Å². The van der Waals surface area contributed by atoms with E-state index < -0.39 is 11.7 Å². The molecule has 1 aliphatic heterocycles. The fourth-order valence-electron chi connectivity index (χ4n) is 4.03. The van der Waals surface area contributed by atoms with Crippen LogP contribution in [0.5, 0.6) is 0 Å². The van der Waals surface area contributed by atoms with Crippen molar-refractivity contribution in [2.24, 2.45) is 0 Å². The molecule has 1 amide bonds. The standard InChI is InChI=1S/C23H13Cl2N3O4S2/c24-19-7-5-17(33-19)23(18-6-8-20(25)34-18)14-9-12(1-3-15(14)27-21(29)11-32-23)16-4-2-13(10-26)28(16)22(30)31/h1-9H,11H2,(H,27,29)(H,30,31). The first kappa shape index (κ1) is 22.7. The first-order chi connectivity index (χ1) is 16.3. The van der Waals surface area contributed by atoms with Crippen molar-refractivity contribution >= 4 is 63.6 Å². The average molecular weight is 530 g/mol. The number of carboxylic acid groups (broad SMARTS) is 1. The lowest BCUT2D eigenvalue weighted by Gasteiger charge is -2.32. The van der Waals surface area contributed by atoms with E-state index in [0.29, 0.717) is 31.2 Å². The molecule has 0 bridgehead atoms. The quantitative estimate of drug-likeness (QED) is 0.326. The van der Waals surface area contributed by atoms with Crippen LogP contribution >= 0.6 is 45.9 Å². The van der Waals surface area contributed by atoms with E-state index in [0.717, 1.165) is 14.3 Å². The summed E-state index contributed by atoms with van der Waals surface area (Å²) in [5, 5.41) is 21.9. The van der Waals surface area contributed by atoms with E-state index in [9.17, 15) is 20.0 Å². The van der Waals surface area contributed by atoms with Gasteiger partial charge in [0.25, 0.3) is 0 Å². The van der Waals surface area contributed by atoms with Crippen LogP contribution in [0.2, 0.25) is 8.67 Å². The number of benzene rings is 1. The second-order valence-electron chi connectivity index (χ2n) is 7.32. The number of aromatic nitrogens is 1. The van der Waals surface area contributed by atoms with E-state index in [1.165, 1.54) is 28.7 Å². The Morgan fingerprint density at radius 1 is 1.09 bits per heavy atom. The summed E-state index contributed by atoms with van der Waals surface area (Å²) < 4.78 is 8.34. The number of carbonyl (C=O) groups excluding carboxylic acids is 1. The Hall–Kier alpha value is -3.13. The predicted molar refractivity (Wildman–Crippen MR) is 131 cm³/mol. The molecule has 0 atom stereocenters. The summed E-state index contributed by atoms with van der Waals surface area (Å²) in [4.78, 5) is 25.9. The molecular formula is C23H13Cl2N3O4S2. The molecular weight excluding hydrogens is 517 g/mol. The van der Waals surface area contributed by atoms with Gasteiger partial charge in [0.1, 0.15) is 18.4 Å². The molecule has 170 valence electrons. The highest BCUT2D eigenvalue weighted by molar-refractivity contribution is 7.18. The molecule has 0 saturated carbocycles. The van der Waals surface area contributed by atoms with Crippen LogP contribution in [0.4, 0.5) is 10.5 Å². The maximum Gasteiger partial charge on any atom is 0.417 e. The molecule has 2 N–H and O–H groups in total. The van der Waals surface area contributed by atoms with E-state index >= 15 is 0 Å². The topological polar surface area (TPSA) is 104 Å². The van der Waals surface area contributed by atoms with Gasteiger partial charge in [-0.1, -0.05) is 29.3 Å². The van der Waals surface area contributed by atoms with Crippen LogP contribution in [0.15, 0.2) is 54.6 Å². The maximum absolute atomic E-state index is 12.5. The molecule has 1 aromatic carbocycles. The Balaban J connectivity index is 1.82. The van der Waals surface area contributed by atoms with Crippen molar-refractivity contribution in [1.82, 2.24) is 4.57 Å². The van der Waals surface area contributed by atoms with Crippen LogP contribution in [0, 0.1) is 11.3 Å². The molecule has 34 heavy (non-hydrogen) atoms. The third-order valence-electron chi connectivity index (χ3n) is 5.42. The zero-order valence-corrected chi connectivity index (χ0v) is 20.2. The number of ether oxygens (including phenoxy) is 1. The number of amides is 1. The molecule has 4 heterocycles. The lowest BCUT2D eigenvalue weighted by Crippen LogP contribution is -2.31. The summed E-state index contributed by atoms with van der Waals surface area (Å²) in [6.07, 6.45) is -1.28. The largest absolute Gasteiger partial charge is 0.464 e. The summed E-state index contributed by atoms with van der Waals surface area (Å²) in [6.45, 7) is -0.223. The fourth-order valence-corrected chi connectivity index (χ4v) is 6.53. The monoisotopic (exact) mass is 529 g/mol. The van der Waals surface area contributed by atoms with Crippen LogP contribution in [-0.2, 0) is 15.1 Å². The number of hydrogen-bond acceptors (Lipinski definition) is 6. The van der Waals surface area contributed by atoms with Crippen LogP contribution in [0.3, 0.4) is 0 Å². The van der Waals surface area contributed by atoms with Gasteiger partial charge in [-0.2, -0.15) is 5.26 Å². The number of anilines is 1. The maximum atomic E-state index is 12.5. The van der Waals surface area contributed by atoms with Gasteiger partial charge in [0, 0.05) is 21.0 Å². The van der Waals surface area contributed by atoms with Gasteiger partial charge in [0.05, 0.1) is 14.4 Å². The van der Waals surface area contributed by atoms with Crippen molar-refractivity contribution in [3.63, 3.8) is 0 Å². The van der Waals surface area contributed by atoms with Crippen molar-refractivity contribution in [3.8, 4) is 17.3 Å². The molecule has 0 radical (unpaired) electrons. The van der Waals surface area contributed by atoms with Crippen molar-refractivity contribution in [3.05, 3.63) is 84.3 Å². The van der Waals surface area contributed by atoms with Crippen LogP contribution in [0.1, 0.15) is 21.0 Å². The third-order valence-corrected chi connectivity index (χ3v) is 8.08. The molecule has 0 fully saturated rings. The predicted octanol–water partition coefficient (Wildman–Crippen LogP) is 6.24. The number of rotatable bonds is 3. The number of thiophene rings is 2. The van der Waals surface area contributed by atoms with Crippen molar-refractivity contribution in [2.45, 2.75) is 5.60 Å². The summed E-state index contributed by atoms with van der Waals surface area (Å²) in [7, 11) is 0. The highest BCUT2D eigenvalue weighted by Gasteiger charge is 2.44. The van der Waals surface area contributed by atoms with E-state index in [4.69, 9.17) is 27.9 Å². The molecule has 0 unspecified atom stereocenters. The Morgan fingerprint density at radius 3 is 2.32 bits per heavy atom. The SMILES string of the molecule is N#Cc1ccc(-c2ccc3c(c2)C(c2ccc(Cl)s2)(c2ccc(Cl)s2)OCC(=O)N3)n1C(=O)O. The minimum Gasteiger partial charge on any atom is -0.464 e. The summed E-state index contributed by atoms with van der Waals surface area (Å²) in [5.74, 6) is -0.332. The van der Waals surface area contributed by atoms with Gasteiger partial charge >= 0.3 is 6.09 Å². The smallest absolute Gasteiger partial charge is 0.417 e. The zero-order valence-electron chi connectivity index (χ0n) is 17.0. The highest BCUT2D eigenvalue weighted by atomic mass is 35.5. The molecule has 11 heteroatoms. The number of carbonyl (C=O) groups is 2. The van der Waals surface area contributed by atoms with E-state index in [-0.39, 0.29) is 18.2 Å². The van der Waals surface area contributed by atoms with Gasteiger partial charge in [0.2, 0.25) is 5.91 Å². The molecule has 5 rings (SSSR count). The number of nitrogens with one attached hydrogen (secondary N) is 1. The first-order valence-corrected chi connectivity index (χ1v) is 12.2. The zero-order chi connectivity index (χ0) is 24.0. The third kappa shape index (κ3) is 3.60. The number of halogens is 2. The van der Waals surface area contributed by atoms with E-state index in [1.807, 2.05) is 18.2 Å². The van der Waals surface area contributed by atoms with Crippen LogP contribution < -0.4 is 5.32 Å². The molecule has 0 saturated heterocycles. The fraction of sp³-hybridized carbons (Fsp3) is 0.0870. The van der Waals surface area contributed by atoms with Gasteiger partial charge < -0.3 is 15.2 Å². The van der Waals surface area contributed by atoms with Gasteiger partial charge in [-0.3, -0.25) is 4.79 Å². The molecule has 0 aliphatic carbocycles. The van der Waals surface area contributed by atoms with Crippen molar-refractivity contribution < 1.29 is 19.4 Å². The van der Waals surface area contributed by atoms with Crippen LogP contribution in [0.25, 0.3) is 11.3 Å². The van der Waals surface area contributed by atoms with E-state index in [1.54, 1.807) is 36.4 Å². The van der Waals surface area contributed by atoms with Crippen LogP contribution in [-0.4, -0.2) is 28.3 Å². The van der Waals surface area contributed by atoms with Crippen molar-refractivity contribution in [2.75, 3.05) is 11.9 Å². The Morgan fingerprint density at radius 2 is 1.76 bits per heavy atom. The Bertz CT molecular complexity index is 1460. The number of nitriles is 1. The highest BCUT2D eigenvalue weighted by Crippen LogP contribution is 2.51. The lowest BCUT2D eigenvalue weighted by molar-refractivity contribution is -0.123. The number of fused-ring (bicyclic) bond motifs is 1. The molecule has 3 aromatic heterocycles. The molecule has 0 spiro atoms. The summed E-state index contributed by atoms with van der Waals surface area (Å²) in [6, 6.07) is 17.2. The van der Waals surface area contributed by atoms with Gasteiger partial charge in [-0.05, 0) is 54.1 Å². The first-order valence-electron chi connectivity index (χ1n) is 9.79. The number of nitrogens with zero attached hydrogens (tertiary/aromatic N) is 2. The second-order valence-corrected chi connectivity index (χ2v) is 10.7. The van der Waals surface area contributed by atoms with Crippen molar-refractivity contribution in [1.29, 1.82) is 5.26 Å². The Kier molecular flexibility index (Phi) is 5.72. The van der Waals surface area contributed by atoms with Gasteiger partial charge in [0.15, 0.2) is 5.60 Å². The molecule has 4 aromatic rings. The second kappa shape index (κ2) is 8.58. The molecule has 7 nitrogen and oxygen atoms in total. The number of hydrogen-bond donors (Lipinski definition) is 2. The summed E-state index contributed by atoms with van der Waals surface area (Å²) in [5.41, 5.74) is 0.697. The molecule has 1 aliphatic rings. The average Bonchev–Trinajstić information content (AvgIpc) is 3.53. The van der Waals surface area contributed by atoms with Gasteiger partial charge in [-0.25, -0.2) is 9.36 Å². The normalized spacial score (nSPS) is 14.7. The van der Waals surface area contributed by atoms with E-state index in [2.05, 4.69) is 5.32 Å². The lowest BCUT2D eigenvalue weighted by atomic mass is 9.87. The minimum absolute atomic E-state index is 0.0108. The minimum atomic E-state index is -1.28. The Labute approximate surface area is 211 Å². The summed E-state index contributed by atoms with van der Waals surface area (Å²) >= 11 is 15.2.